The zero-order chi connectivity index (χ0) is 18.7. The summed E-state index contributed by atoms with van der Waals surface area (Å²) < 4.78 is 5.02. The molecule has 1 aliphatic rings. The molecule has 0 bridgehead atoms. The molecule has 1 unspecified atom stereocenters. The number of aromatic nitrogens is 1. The Labute approximate surface area is 156 Å². The van der Waals surface area contributed by atoms with Crippen molar-refractivity contribution in [2.75, 3.05) is 31.5 Å². The molecular formula is C18H21ClN4O3. The monoisotopic (exact) mass is 376 g/mol. The van der Waals surface area contributed by atoms with E-state index in [1.165, 1.54) is 0 Å². The van der Waals surface area contributed by atoms with Crippen molar-refractivity contribution in [1.82, 2.24) is 15.0 Å². The maximum absolute atomic E-state index is 12.6. The van der Waals surface area contributed by atoms with Crippen LogP contribution in [0.15, 0.2) is 34.9 Å². The Morgan fingerprint density at radius 1 is 1.23 bits per heavy atom. The molecule has 2 amide bonds. The summed E-state index contributed by atoms with van der Waals surface area (Å²) in [7, 11) is 0. The summed E-state index contributed by atoms with van der Waals surface area (Å²) in [6.45, 7) is 5.99. The Hall–Kier alpha value is -2.38. The summed E-state index contributed by atoms with van der Waals surface area (Å²) in [6.07, 6.45) is 0. The second-order valence-electron chi connectivity index (χ2n) is 6.34. The maximum atomic E-state index is 12.6. The van der Waals surface area contributed by atoms with E-state index in [1.54, 1.807) is 42.2 Å². The number of aryl methyl sites for hydroxylation is 1. The van der Waals surface area contributed by atoms with Gasteiger partial charge >= 0.3 is 0 Å². The minimum atomic E-state index is -0.330. The molecule has 0 aliphatic carbocycles. The molecule has 2 aromatic rings. The normalized spacial score (nSPS) is 16.3. The van der Waals surface area contributed by atoms with Gasteiger partial charge in [-0.25, -0.2) is 0 Å². The second kappa shape index (κ2) is 7.88. The molecule has 0 saturated carbocycles. The third kappa shape index (κ3) is 4.23. The van der Waals surface area contributed by atoms with E-state index in [4.69, 9.17) is 16.1 Å². The lowest BCUT2D eigenvalue weighted by Crippen LogP contribution is -2.54. The molecule has 8 heteroatoms. The molecule has 1 aromatic carbocycles. The van der Waals surface area contributed by atoms with Gasteiger partial charge < -0.3 is 9.42 Å². The number of hydrogen-bond acceptors (Lipinski definition) is 5. The highest BCUT2D eigenvalue weighted by atomic mass is 35.5. The zero-order valence-corrected chi connectivity index (χ0v) is 15.5. The van der Waals surface area contributed by atoms with Crippen molar-refractivity contribution in [3.63, 3.8) is 0 Å². The minimum absolute atomic E-state index is 0.0404. The van der Waals surface area contributed by atoms with E-state index in [1.807, 2.05) is 11.8 Å². The van der Waals surface area contributed by atoms with Crippen molar-refractivity contribution >= 4 is 29.3 Å². The van der Waals surface area contributed by atoms with E-state index in [-0.39, 0.29) is 17.9 Å². The Kier molecular flexibility index (Phi) is 5.58. The number of hydrogen-bond donors (Lipinski definition) is 1. The molecule has 138 valence electrons. The van der Waals surface area contributed by atoms with Gasteiger partial charge in [-0.3, -0.25) is 19.8 Å². The summed E-state index contributed by atoms with van der Waals surface area (Å²) in [4.78, 5) is 28.7. The average molecular weight is 377 g/mol. The van der Waals surface area contributed by atoms with E-state index in [0.717, 1.165) is 0 Å². The van der Waals surface area contributed by atoms with Crippen LogP contribution >= 0.6 is 11.6 Å². The van der Waals surface area contributed by atoms with Crippen LogP contribution in [0.3, 0.4) is 0 Å². The van der Waals surface area contributed by atoms with Crippen molar-refractivity contribution in [3.8, 4) is 0 Å². The first-order valence-corrected chi connectivity index (χ1v) is 8.85. The van der Waals surface area contributed by atoms with Gasteiger partial charge in [-0.1, -0.05) is 22.8 Å². The van der Waals surface area contributed by atoms with Gasteiger partial charge in [0.25, 0.3) is 5.91 Å². The molecule has 1 atom stereocenters. The van der Waals surface area contributed by atoms with Crippen molar-refractivity contribution in [3.05, 3.63) is 46.6 Å². The lowest BCUT2D eigenvalue weighted by molar-refractivity contribution is -0.121. The predicted octanol–water partition coefficient (Wildman–Crippen LogP) is 2.42. The smallest absolute Gasteiger partial charge is 0.253 e. The summed E-state index contributed by atoms with van der Waals surface area (Å²) in [5.74, 6) is 0.145. The number of anilines is 1. The zero-order valence-electron chi connectivity index (χ0n) is 14.7. The van der Waals surface area contributed by atoms with Crippen molar-refractivity contribution < 1.29 is 14.1 Å². The highest BCUT2D eigenvalue weighted by molar-refractivity contribution is 6.30. The number of benzene rings is 1. The predicted molar refractivity (Wildman–Crippen MR) is 98.3 cm³/mol. The van der Waals surface area contributed by atoms with Crippen LogP contribution in [0.5, 0.6) is 0 Å². The third-order valence-electron chi connectivity index (χ3n) is 4.47. The largest absolute Gasteiger partial charge is 0.338 e. The fraction of sp³-hybridized carbons (Fsp3) is 0.389. The molecule has 1 N–H and O–H groups in total. The van der Waals surface area contributed by atoms with Crippen LogP contribution in [-0.2, 0) is 4.79 Å². The lowest BCUT2D eigenvalue weighted by atomic mass is 10.1. The average Bonchev–Trinajstić information content (AvgIpc) is 3.05. The molecule has 1 fully saturated rings. The first-order valence-electron chi connectivity index (χ1n) is 8.47. The minimum Gasteiger partial charge on any atom is -0.338 e. The highest BCUT2D eigenvalue weighted by Gasteiger charge is 2.28. The summed E-state index contributed by atoms with van der Waals surface area (Å²) >= 11 is 5.96. The van der Waals surface area contributed by atoms with E-state index >= 15 is 0 Å². The quantitative estimate of drug-likeness (QED) is 0.886. The SMILES string of the molecule is Cc1cc(NC(=O)C(C)N2CCN(C(=O)c3cccc(Cl)c3)CC2)on1. The van der Waals surface area contributed by atoms with Gasteiger partial charge in [0, 0.05) is 42.8 Å². The fourth-order valence-electron chi connectivity index (χ4n) is 2.93. The molecule has 0 radical (unpaired) electrons. The molecular weight excluding hydrogens is 356 g/mol. The van der Waals surface area contributed by atoms with Crippen LogP contribution in [0, 0.1) is 6.92 Å². The fourth-order valence-corrected chi connectivity index (χ4v) is 3.12. The van der Waals surface area contributed by atoms with Gasteiger partial charge in [0.15, 0.2) is 0 Å². The number of piperazine rings is 1. The first kappa shape index (κ1) is 18.4. The van der Waals surface area contributed by atoms with Crippen molar-refractivity contribution in [2.24, 2.45) is 0 Å². The lowest BCUT2D eigenvalue weighted by Gasteiger charge is -2.37. The molecule has 3 rings (SSSR count). The van der Waals surface area contributed by atoms with Crippen LogP contribution in [-0.4, -0.2) is 59.0 Å². The van der Waals surface area contributed by atoms with Gasteiger partial charge in [-0.05, 0) is 32.0 Å². The van der Waals surface area contributed by atoms with Gasteiger partial charge in [0.05, 0.1) is 11.7 Å². The van der Waals surface area contributed by atoms with Crippen LogP contribution < -0.4 is 5.32 Å². The number of nitrogens with zero attached hydrogens (tertiary/aromatic N) is 3. The second-order valence-corrected chi connectivity index (χ2v) is 6.77. The number of halogens is 1. The molecule has 7 nitrogen and oxygen atoms in total. The van der Waals surface area contributed by atoms with Crippen molar-refractivity contribution in [2.45, 2.75) is 19.9 Å². The Bertz CT molecular complexity index is 799. The first-order chi connectivity index (χ1) is 12.4. The van der Waals surface area contributed by atoms with E-state index in [2.05, 4.69) is 10.5 Å². The van der Waals surface area contributed by atoms with Crippen LogP contribution in [0.4, 0.5) is 5.88 Å². The number of amides is 2. The standard InChI is InChI=1S/C18H21ClN4O3/c1-12-10-16(26-21-12)20-17(24)13(2)22-6-8-23(9-7-22)18(25)14-4-3-5-15(19)11-14/h3-5,10-11,13H,6-9H2,1-2H3,(H,20,24). The van der Waals surface area contributed by atoms with Gasteiger partial charge in [-0.15, -0.1) is 0 Å². The van der Waals surface area contributed by atoms with Crippen molar-refractivity contribution in [1.29, 1.82) is 0 Å². The number of rotatable bonds is 4. The molecule has 26 heavy (non-hydrogen) atoms. The number of nitrogens with one attached hydrogen (secondary N) is 1. The number of carbonyl (C=O) groups excluding carboxylic acids is 2. The molecule has 0 spiro atoms. The highest BCUT2D eigenvalue weighted by Crippen LogP contribution is 2.16. The van der Waals surface area contributed by atoms with Crippen LogP contribution in [0.1, 0.15) is 23.0 Å². The van der Waals surface area contributed by atoms with E-state index in [0.29, 0.717) is 48.3 Å². The number of carbonyl (C=O) groups is 2. The molecule has 2 heterocycles. The summed E-state index contributed by atoms with van der Waals surface area (Å²) in [5, 5.41) is 7.01. The molecule has 1 saturated heterocycles. The summed E-state index contributed by atoms with van der Waals surface area (Å²) in [6, 6.07) is 8.29. The maximum Gasteiger partial charge on any atom is 0.253 e. The van der Waals surface area contributed by atoms with E-state index in [9.17, 15) is 9.59 Å². The van der Waals surface area contributed by atoms with Crippen LogP contribution in [0.2, 0.25) is 5.02 Å². The molecule has 1 aromatic heterocycles. The van der Waals surface area contributed by atoms with Crippen LogP contribution in [0.25, 0.3) is 0 Å². The summed E-state index contributed by atoms with van der Waals surface area (Å²) in [5.41, 5.74) is 1.29. The Morgan fingerprint density at radius 2 is 1.96 bits per heavy atom. The Balaban J connectivity index is 1.54. The van der Waals surface area contributed by atoms with Gasteiger partial charge in [0.1, 0.15) is 0 Å². The van der Waals surface area contributed by atoms with Gasteiger partial charge in [-0.2, -0.15) is 0 Å². The van der Waals surface area contributed by atoms with E-state index < -0.39 is 0 Å². The van der Waals surface area contributed by atoms with Gasteiger partial charge in [0.2, 0.25) is 11.8 Å². The molecule has 1 aliphatic heterocycles. The third-order valence-corrected chi connectivity index (χ3v) is 4.71. The Morgan fingerprint density at radius 3 is 2.58 bits per heavy atom. The topological polar surface area (TPSA) is 78.7 Å².